The Morgan fingerprint density at radius 3 is 0.765 bits per heavy atom. The molecule has 24 nitrogen and oxygen atoms in total. The van der Waals surface area contributed by atoms with Crippen LogP contribution in [0.4, 0.5) is 0 Å². The third-order valence-corrected chi connectivity index (χ3v) is 15.2. The van der Waals surface area contributed by atoms with E-state index in [4.69, 9.17) is 5.73 Å². The molecule has 10 atom stereocenters. The summed E-state index contributed by atoms with van der Waals surface area (Å²) in [6.45, 7) is 24.4. The average Bonchev–Trinajstić information content (AvgIpc) is 3.45. The highest BCUT2D eigenvalue weighted by atomic mass is 16.3. The van der Waals surface area contributed by atoms with Crippen LogP contribution in [0.3, 0.4) is 0 Å². The summed E-state index contributed by atoms with van der Waals surface area (Å²) in [7, 11) is 0. The summed E-state index contributed by atoms with van der Waals surface area (Å²) < 4.78 is 0. The van der Waals surface area contributed by atoms with Crippen LogP contribution in [0.15, 0.2) is 0 Å². The summed E-state index contributed by atoms with van der Waals surface area (Å²) in [5.41, 5.74) is 5.46. The van der Waals surface area contributed by atoms with Crippen LogP contribution < -0.4 is 11.1 Å². The van der Waals surface area contributed by atoms with Gasteiger partial charge in [0.2, 0.25) is 59.1 Å². The van der Waals surface area contributed by atoms with E-state index < -0.39 is 141 Å². The van der Waals surface area contributed by atoms with Gasteiger partial charge in [-0.15, -0.1) is 0 Å². The predicted octanol–water partition coefficient (Wildman–Crippen LogP) is 1.25. The Labute approximate surface area is 484 Å². The molecule has 0 aromatic rings. The Bertz CT molecular complexity index is 2010. The Morgan fingerprint density at radius 2 is 0.531 bits per heavy atom. The third-order valence-electron chi connectivity index (χ3n) is 15.2. The van der Waals surface area contributed by atoms with Crippen molar-refractivity contribution in [3.63, 3.8) is 0 Å². The van der Waals surface area contributed by atoms with Crippen LogP contribution >= 0.6 is 0 Å². The molecule has 0 saturated carbocycles. The molecule has 468 valence electrons. The Morgan fingerprint density at radius 1 is 0.321 bits per heavy atom. The van der Waals surface area contributed by atoms with Crippen LogP contribution in [0.25, 0.3) is 0 Å². The van der Waals surface area contributed by atoms with Crippen molar-refractivity contribution in [2.75, 3.05) is 85.1 Å². The van der Waals surface area contributed by atoms with Gasteiger partial charge >= 0.3 is 0 Å². The van der Waals surface area contributed by atoms with E-state index in [0.29, 0.717) is 38.5 Å². The highest BCUT2D eigenvalue weighted by Crippen LogP contribution is 2.16. The van der Waals surface area contributed by atoms with Crippen molar-refractivity contribution in [2.45, 2.75) is 223 Å². The summed E-state index contributed by atoms with van der Waals surface area (Å²) in [5, 5.41) is 34.7. The molecule has 81 heavy (non-hydrogen) atoms. The lowest BCUT2D eigenvalue weighted by atomic mass is 10.1. The van der Waals surface area contributed by atoms with Crippen molar-refractivity contribution < 1.29 is 63.3 Å². The lowest BCUT2D eigenvalue weighted by Crippen LogP contribution is -2.56. The van der Waals surface area contributed by atoms with Gasteiger partial charge in [-0.25, -0.2) is 0 Å². The highest BCUT2D eigenvalue weighted by molar-refractivity contribution is 5.94. The fourth-order valence-corrected chi connectivity index (χ4v) is 8.63. The van der Waals surface area contributed by atoms with E-state index in [9.17, 15) is 63.3 Å². The first-order chi connectivity index (χ1) is 37.8. The largest absolute Gasteiger partial charge is 0.392 e. The maximum absolute atomic E-state index is 14.6. The van der Waals surface area contributed by atoms with E-state index in [2.05, 4.69) is 5.32 Å². The monoisotopic (exact) mass is 1150 g/mol. The Hall–Kier alpha value is -5.46. The summed E-state index contributed by atoms with van der Waals surface area (Å²) in [6.07, 6.45) is 0.174. The predicted molar refractivity (Wildman–Crippen MR) is 311 cm³/mol. The molecule has 0 radical (unpaired) electrons. The van der Waals surface area contributed by atoms with Gasteiger partial charge in [0.15, 0.2) is 0 Å². The summed E-state index contributed by atoms with van der Waals surface area (Å²) >= 11 is 0. The Balaban J connectivity index is 6.89. The minimum atomic E-state index is -1.12. The highest BCUT2D eigenvalue weighted by Gasteiger charge is 2.36. The number of primary amides is 1. The molecule has 0 fully saturated rings. The maximum Gasteiger partial charge on any atom is 0.242 e. The second-order valence-corrected chi connectivity index (χ2v) is 22.2. The molecular weight excluding hydrogens is 1050 g/mol. The molecule has 0 spiro atoms. The van der Waals surface area contributed by atoms with Crippen molar-refractivity contribution >= 4 is 59.1 Å². The standard InChI is InChI=1S/C57H107N11O13/c1-18-38(8)59-25-49(73)64(40(10)20-3)33-51(75)60(26-45(15)69)30-50(74)61(27-46(16)70)31-53(77)67(43(13)23-6)36-57(81)68(44(14)24-7)37-56(80)65(41(11)21-4)34-52(76)62(28-47(17)71)32-54(78)66(42(12)22-5)35-55(79)63(29-48(58)72)39(9)19-2/h38-47,59,69-71H,18-37H2,1-17H3,(H2,58,72). The number of aliphatic hydroxyl groups excluding tert-OH is 3. The SMILES string of the molecule is CCC(C)NCC(=O)N(CC(=O)N(CC(=O)N(CC(=O)N(CC(=O)N(CC(=O)N(CC(=O)N(CC(=O)N(CC(=O)N(CC(N)=O)C(C)CC)C(C)CC)CC(C)O)C(C)CC)C(C)CC)C(C)CC)CC(C)O)CC(C)O)C(C)CC. The van der Waals surface area contributed by atoms with Crippen LogP contribution in [0.1, 0.15) is 163 Å². The molecule has 0 heterocycles. The van der Waals surface area contributed by atoms with E-state index in [-0.39, 0.29) is 63.3 Å². The van der Waals surface area contributed by atoms with E-state index in [1.807, 2.05) is 62.3 Å². The second kappa shape index (κ2) is 38.3. The summed E-state index contributed by atoms with van der Waals surface area (Å²) in [6, 6.07) is -2.76. The molecule has 10 unspecified atom stereocenters. The maximum atomic E-state index is 14.6. The van der Waals surface area contributed by atoms with Gasteiger partial charge in [0.1, 0.15) is 32.7 Å². The molecule has 6 N–H and O–H groups in total. The number of nitrogens with one attached hydrogen (secondary N) is 1. The van der Waals surface area contributed by atoms with E-state index >= 15 is 0 Å². The number of hydrogen-bond acceptors (Lipinski definition) is 14. The fourth-order valence-electron chi connectivity index (χ4n) is 8.63. The average molecular weight is 1150 g/mol. The van der Waals surface area contributed by atoms with E-state index in [1.54, 1.807) is 34.6 Å². The zero-order valence-electron chi connectivity index (χ0n) is 52.4. The van der Waals surface area contributed by atoms with Gasteiger partial charge in [0.05, 0.1) is 51.0 Å². The zero-order valence-corrected chi connectivity index (χ0v) is 52.4. The molecule has 0 bridgehead atoms. The molecule has 0 aromatic carbocycles. The quantitative estimate of drug-likeness (QED) is 0.0578. The van der Waals surface area contributed by atoms with Crippen molar-refractivity contribution in [1.29, 1.82) is 0 Å². The summed E-state index contributed by atoms with van der Waals surface area (Å²) in [4.78, 5) is 150. The topological polar surface area (TPSA) is 299 Å². The number of hydrogen-bond donors (Lipinski definition) is 5. The Kier molecular flexibility index (Phi) is 35.8. The third kappa shape index (κ3) is 26.6. The molecular formula is C57H107N11O13. The van der Waals surface area contributed by atoms with Gasteiger partial charge < -0.3 is 70.5 Å². The molecule has 0 rings (SSSR count). The molecule has 0 aliphatic heterocycles. The number of aliphatic hydroxyl groups is 3. The van der Waals surface area contributed by atoms with Crippen molar-refractivity contribution in [3.05, 3.63) is 0 Å². The second-order valence-electron chi connectivity index (χ2n) is 22.2. The molecule has 24 heteroatoms. The van der Waals surface area contributed by atoms with Gasteiger partial charge in [-0.1, -0.05) is 48.5 Å². The van der Waals surface area contributed by atoms with Crippen molar-refractivity contribution in [3.8, 4) is 0 Å². The van der Waals surface area contributed by atoms with Crippen LogP contribution in [0.2, 0.25) is 0 Å². The first-order valence-corrected chi connectivity index (χ1v) is 29.4. The molecule has 0 aliphatic carbocycles. The molecule has 0 aromatic heterocycles. The van der Waals surface area contributed by atoms with Crippen LogP contribution in [0, 0.1) is 0 Å². The van der Waals surface area contributed by atoms with Crippen LogP contribution in [-0.2, 0) is 47.9 Å². The van der Waals surface area contributed by atoms with Crippen LogP contribution in [-0.4, -0.2) is 264 Å². The summed E-state index contributed by atoms with van der Waals surface area (Å²) in [5.74, 6) is -6.02. The lowest BCUT2D eigenvalue weighted by Gasteiger charge is -2.37. The van der Waals surface area contributed by atoms with E-state index in [0.717, 1.165) is 21.1 Å². The zero-order chi connectivity index (χ0) is 62.6. The van der Waals surface area contributed by atoms with E-state index in [1.165, 1.54) is 50.2 Å². The number of amides is 10. The van der Waals surface area contributed by atoms with Gasteiger partial charge in [-0.05, 0) is 114 Å². The fraction of sp³-hybridized carbons (Fsp3) is 0.825. The number of rotatable bonds is 40. The van der Waals surface area contributed by atoms with Gasteiger partial charge in [-0.2, -0.15) is 0 Å². The van der Waals surface area contributed by atoms with Gasteiger partial charge in [-0.3, -0.25) is 47.9 Å². The normalized spacial score (nSPS) is 15.0. The first-order valence-electron chi connectivity index (χ1n) is 29.4. The lowest BCUT2D eigenvalue weighted by molar-refractivity contribution is -0.152. The number of carbonyl (C=O) groups is 10. The minimum absolute atomic E-state index is 0.00779. The number of nitrogens with two attached hydrogens (primary N) is 1. The smallest absolute Gasteiger partial charge is 0.242 e. The molecule has 10 amide bonds. The first kappa shape index (κ1) is 75.5. The minimum Gasteiger partial charge on any atom is -0.392 e. The van der Waals surface area contributed by atoms with Crippen molar-refractivity contribution in [1.82, 2.24) is 49.4 Å². The number of carbonyl (C=O) groups excluding carboxylic acids is 10. The number of nitrogens with zero attached hydrogens (tertiary/aromatic N) is 9. The molecule has 0 aliphatic rings. The van der Waals surface area contributed by atoms with Crippen LogP contribution in [0.5, 0.6) is 0 Å². The van der Waals surface area contributed by atoms with Crippen molar-refractivity contribution in [2.24, 2.45) is 5.73 Å². The van der Waals surface area contributed by atoms with Gasteiger partial charge in [0.25, 0.3) is 0 Å². The molecule has 0 saturated heterocycles. The van der Waals surface area contributed by atoms with Gasteiger partial charge in [0, 0.05) is 61.9 Å².